The molecule has 0 aliphatic carbocycles. The Bertz CT molecular complexity index is 620. The van der Waals surface area contributed by atoms with Crippen LogP contribution >= 0.6 is 11.6 Å². The SMILES string of the molecule is CC(C)c1cnc(N2CC(N)C2)c2cnc(Cl)cc12. The van der Waals surface area contributed by atoms with Crippen molar-refractivity contribution in [3.63, 3.8) is 0 Å². The van der Waals surface area contributed by atoms with Gasteiger partial charge in [-0.1, -0.05) is 25.4 Å². The van der Waals surface area contributed by atoms with E-state index in [-0.39, 0.29) is 6.04 Å². The van der Waals surface area contributed by atoms with Crippen molar-refractivity contribution in [1.29, 1.82) is 0 Å². The lowest BCUT2D eigenvalue weighted by molar-refractivity contribution is 0.516. The van der Waals surface area contributed by atoms with E-state index in [1.807, 2.05) is 18.5 Å². The Labute approximate surface area is 117 Å². The minimum atomic E-state index is 0.252. The number of nitrogens with zero attached hydrogens (tertiary/aromatic N) is 3. The first-order valence-electron chi connectivity index (χ1n) is 6.51. The van der Waals surface area contributed by atoms with Crippen LogP contribution in [0.15, 0.2) is 18.5 Å². The summed E-state index contributed by atoms with van der Waals surface area (Å²) in [7, 11) is 0. The highest BCUT2D eigenvalue weighted by Gasteiger charge is 2.26. The van der Waals surface area contributed by atoms with Crippen LogP contribution in [0.5, 0.6) is 0 Å². The molecule has 0 unspecified atom stereocenters. The second-order valence-electron chi connectivity index (χ2n) is 5.41. The van der Waals surface area contributed by atoms with E-state index in [0.717, 1.165) is 29.7 Å². The second-order valence-corrected chi connectivity index (χ2v) is 5.80. The van der Waals surface area contributed by atoms with Gasteiger partial charge in [0, 0.05) is 36.9 Å². The minimum Gasteiger partial charge on any atom is -0.353 e. The minimum absolute atomic E-state index is 0.252. The molecule has 1 fully saturated rings. The highest BCUT2D eigenvalue weighted by molar-refractivity contribution is 6.30. The molecule has 0 atom stereocenters. The Morgan fingerprint density at radius 3 is 2.63 bits per heavy atom. The van der Waals surface area contributed by atoms with Crippen LogP contribution in [0.3, 0.4) is 0 Å². The molecule has 4 nitrogen and oxygen atoms in total. The fourth-order valence-electron chi connectivity index (χ4n) is 2.51. The molecule has 3 rings (SSSR count). The number of aromatic nitrogens is 2. The van der Waals surface area contributed by atoms with Gasteiger partial charge in [-0.2, -0.15) is 0 Å². The lowest BCUT2D eigenvalue weighted by atomic mass is 9.98. The second kappa shape index (κ2) is 4.62. The molecule has 2 N–H and O–H groups in total. The molecule has 0 saturated carbocycles. The highest BCUT2D eigenvalue weighted by Crippen LogP contribution is 2.33. The maximum absolute atomic E-state index is 6.03. The topological polar surface area (TPSA) is 55.0 Å². The molecular weight excluding hydrogens is 260 g/mol. The standard InChI is InChI=1S/C14H17ClN4/c1-8(2)11-4-18-14(19-6-9(16)7-19)12-5-17-13(15)3-10(11)12/h3-5,8-9H,6-7,16H2,1-2H3. The number of rotatable bonds is 2. The molecule has 0 bridgehead atoms. The maximum Gasteiger partial charge on any atom is 0.138 e. The molecule has 1 aliphatic rings. The monoisotopic (exact) mass is 276 g/mol. The van der Waals surface area contributed by atoms with Gasteiger partial charge in [0.25, 0.3) is 0 Å². The predicted octanol–water partition coefficient (Wildman–Crippen LogP) is 2.55. The summed E-state index contributed by atoms with van der Waals surface area (Å²) in [6.45, 7) is 6.02. The van der Waals surface area contributed by atoms with Gasteiger partial charge in [-0.05, 0) is 22.9 Å². The van der Waals surface area contributed by atoms with E-state index < -0.39 is 0 Å². The Hall–Kier alpha value is -1.39. The number of nitrogens with two attached hydrogens (primary N) is 1. The van der Waals surface area contributed by atoms with Gasteiger partial charge in [0.2, 0.25) is 0 Å². The van der Waals surface area contributed by atoms with Crippen LogP contribution in [0.25, 0.3) is 10.8 Å². The van der Waals surface area contributed by atoms with Gasteiger partial charge >= 0.3 is 0 Å². The van der Waals surface area contributed by atoms with E-state index >= 15 is 0 Å². The number of pyridine rings is 2. The van der Waals surface area contributed by atoms with Crippen LogP contribution in [-0.4, -0.2) is 29.1 Å². The van der Waals surface area contributed by atoms with Gasteiger partial charge in [0.15, 0.2) is 0 Å². The summed E-state index contributed by atoms with van der Waals surface area (Å²) in [6.07, 6.45) is 3.76. The summed E-state index contributed by atoms with van der Waals surface area (Å²) in [5.74, 6) is 1.37. The maximum atomic E-state index is 6.03. The summed E-state index contributed by atoms with van der Waals surface area (Å²) in [5.41, 5.74) is 7.05. The van der Waals surface area contributed by atoms with Gasteiger partial charge in [-0.3, -0.25) is 0 Å². The molecule has 19 heavy (non-hydrogen) atoms. The third-order valence-corrected chi connectivity index (χ3v) is 3.79. The zero-order valence-electron chi connectivity index (χ0n) is 11.1. The van der Waals surface area contributed by atoms with Gasteiger partial charge in [0.05, 0.1) is 0 Å². The molecule has 0 radical (unpaired) electrons. The van der Waals surface area contributed by atoms with Gasteiger partial charge < -0.3 is 10.6 Å². The third kappa shape index (κ3) is 2.15. The smallest absolute Gasteiger partial charge is 0.138 e. The Morgan fingerprint density at radius 1 is 1.26 bits per heavy atom. The van der Waals surface area contributed by atoms with Crippen LogP contribution in [0.2, 0.25) is 5.15 Å². The lowest BCUT2D eigenvalue weighted by Gasteiger charge is -2.38. The zero-order chi connectivity index (χ0) is 13.6. The zero-order valence-corrected chi connectivity index (χ0v) is 11.9. The molecule has 100 valence electrons. The van der Waals surface area contributed by atoms with Crippen molar-refractivity contribution in [2.24, 2.45) is 5.73 Å². The van der Waals surface area contributed by atoms with Crippen molar-refractivity contribution in [2.75, 3.05) is 18.0 Å². The van der Waals surface area contributed by atoms with Crippen LogP contribution in [0.1, 0.15) is 25.3 Å². The van der Waals surface area contributed by atoms with Crippen LogP contribution in [-0.2, 0) is 0 Å². The summed E-state index contributed by atoms with van der Waals surface area (Å²) in [4.78, 5) is 11.0. The molecule has 0 spiro atoms. The van der Waals surface area contributed by atoms with Crippen LogP contribution < -0.4 is 10.6 Å². The van der Waals surface area contributed by atoms with Crippen molar-refractivity contribution >= 4 is 28.2 Å². The number of anilines is 1. The summed E-state index contributed by atoms with van der Waals surface area (Å²) < 4.78 is 0. The van der Waals surface area contributed by atoms with Crippen molar-refractivity contribution in [1.82, 2.24) is 9.97 Å². The van der Waals surface area contributed by atoms with Crippen LogP contribution in [0.4, 0.5) is 5.82 Å². The molecule has 0 aromatic carbocycles. The summed E-state index contributed by atoms with van der Waals surface area (Å²) in [5, 5.41) is 2.72. The number of halogens is 1. The van der Waals surface area contributed by atoms with Gasteiger partial charge in [0.1, 0.15) is 11.0 Å². The summed E-state index contributed by atoms with van der Waals surface area (Å²) in [6, 6.07) is 2.18. The Morgan fingerprint density at radius 2 is 2.00 bits per heavy atom. The number of hydrogen-bond acceptors (Lipinski definition) is 4. The predicted molar refractivity (Wildman–Crippen MR) is 78.8 cm³/mol. The number of fused-ring (bicyclic) bond motifs is 1. The van der Waals surface area contributed by atoms with Crippen molar-refractivity contribution in [2.45, 2.75) is 25.8 Å². The molecule has 5 heteroatoms. The molecule has 2 aromatic heterocycles. The molecule has 0 amide bonds. The van der Waals surface area contributed by atoms with E-state index in [0.29, 0.717) is 11.1 Å². The fraction of sp³-hybridized carbons (Fsp3) is 0.429. The average Bonchev–Trinajstić information content (AvgIpc) is 2.33. The van der Waals surface area contributed by atoms with E-state index in [2.05, 4.69) is 28.7 Å². The first-order valence-corrected chi connectivity index (χ1v) is 6.88. The first-order chi connectivity index (χ1) is 9.06. The Kier molecular flexibility index (Phi) is 3.07. The first kappa shape index (κ1) is 12.6. The fourth-order valence-corrected chi connectivity index (χ4v) is 2.67. The van der Waals surface area contributed by atoms with Gasteiger partial charge in [-0.15, -0.1) is 0 Å². The third-order valence-electron chi connectivity index (χ3n) is 3.58. The largest absolute Gasteiger partial charge is 0.353 e. The molecule has 1 aliphatic heterocycles. The van der Waals surface area contributed by atoms with E-state index in [1.165, 1.54) is 5.56 Å². The molecule has 2 aromatic rings. The quantitative estimate of drug-likeness (QED) is 0.857. The van der Waals surface area contributed by atoms with Crippen molar-refractivity contribution < 1.29 is 0 Å². The molecule has 3 heterocycles. The van der Waals surface area contributed by atoms with E-state index in [1.54, 1.807) is 0 Å². The lowest BCUT2D eigenvalue weighted by Crippen LogP contribution is -2.56. The van der Waals surface area contributed by atoms with E-state index in [4.69, 9.17) is 17.3 Å². The molecule has 1 saturated heterocycles. The molecular formula is C14H17ClN4. The van der Waals surface area contributed by atoms with Crippen LogP contribution in [0, 0.1) is 0 Å². The Balaban J connectivity index is 2.17. The summed E-state index contributed by atoms with van der Waals surface area (Å²) >= 11 is 6.03. The average molecular weight is 277 g/mol. The highest BCUT2D eigenvalue weighted by atomic mass is 35.5. The van der Waals surface area contributed by atoms with Crippen molar-refractivity contribution in [3.8, 4) is 0 Å². The van der Waals surface area contributed by atoms with Crippen molar-refractivity contribution in [3.05, 3.63) is 29.2 Å². The van der Waals surface area contributed by atoms with Gasteiger partial charge in [-0.25, -0.2) is 9.97 Å². The van der Waals surface area contributed by atoms with E-state index in [9.17, 15) is 0 Å². The number of hydrogen-bond donors (Lipinski definition) is 1. The normalized spacial score (nSPS) is 16.2.